The molecule has 0 unspecified atom stereocenters. The Balaban J connectivity index is 1.53. The molecule has 2 aromatic rings. The van der Waals surface area contributed by atoms with Gasteiger partial charge in [-0.05, 0) is 43.0 Å². The van der Waals surface area contributed by atoms with Crippen LogP contribution >= 0.6 is 0 Å². The van der Waals surface area contributed by atoms with Gasteiger partial charge in [-0.1, -0.05) is 24.3 Å². The maximum atomic E-state index is 13.2. The van der Waals surface area contributed by atoms with E-state index in [9.17, 15) is 4.79 Å². The molecule has 0 N–H and O–H groups in total. The van der Waals surface area contributed by atoms with Crippen molar-refractivity contribution in [2.45, 2.75) is 44.6 Å². The van der Waals surface area contributed by atoms with Crippen LogP contribution in [0.2, 0.25) is 0 Å². The smallest absolute Gasteiger partial charge is 0.254 e. The molecule has 26 heavy (non-hydrogen) atoms. The lowest BCUT2D eigenvalue weighted by atomic mass is 10.1. The molecule has 2 heterocycles. The van der Waals surface area contributed by atoms with Crippen molar-refractivity contribution in [3.8, 4) is 0 Å². The molecule has 5 heteroatoms. The molecule has 1 saturated heterocycles. The van der Waals surface area contributed by atoms with Gasteiger partial charge in [0.05, 0.1) is 25.4 Å². The quantitative estimate of drug-likeness (QED) is 0.849. The first-order valence-electron chi connectivity index (χ1n) is 9.23. The van der Waals surface area contributed by atoms with Crippen molar-refractivity contribution in [1.29, 1.82) is 0 Å². The van der Waals surface area contributed by atoms with Crippen LogP contribution in [0.25, 0.3) is 0 Å². The summed E-state index contributed by atoms with van der Waals surface area (Å²) >= 11 is 0. The van der Waals surface area contributed by atoms with E-state index in [0.717, 1.165) is 29.5 Å². The van der Waals surface area contributed by atoms with Gasteiger partial charge in [-0.2, -0.15) is 0 Å². The molecule has 1 aliphatic carbocycles. The molecule has 1 aromatic heterocycles. The number of nitrogens with zero attached hydrogens (tertiary/aromatic N) is 2. The molecule has 5 nitrogen and oxygen atoms in total. The summed E-state index contributed by atoms with van der Waals surface area (Å²) in [5.74, 6) is 0.0780. The van der Waals surface area contributed by atoms with E-state index in [4.69, 9.17) is 9.47 Å². The molecule has 2 bridgehead atoms. The number of carbonyl (C=O) groups excluding carboxylic acids is 1. The van der Waals surface area contributed by atoms with Crippen molar-refractivity contribution >= 4 is 5.91 Å². The minimum atomic E-state index is -0.0920. The van der Waals surface area contributed by atoms with Gasteiger partial charge in [0.15, 0.2) is 0 Å². The van der Waals surface area contributed by atoms with E-state index in [1.807, 2.05) is 54.4 Å². The standard InChI is InChI=1S/C21H24N2O3/c1-15-5-2-3-7-17(15)21(24)23-11-12-25-19-9-8-18(23)20(19)26-14-16-6-4-10-22-13-16/h2-7,10,13,18-20H,8-9,11-12,14H2,1H3/t18-,19-,20-/m0/s1. The van der Waals surface area contributed by atoms with Crippen molar-refractivity contribution in [3.05, 3.63) is 65.5 Å². The summed E-state index contributed by atoms with van der Waals surface area (Å²) in [5.41, 5.74) is 2.81. The highest BCUT2D eigenvalue weighted by Gasteiger charge is 2.44. The van der Waals surface area contributed by atoms with E-state index >= 15 is 0 Å². The number of aryl methyl sites for hydroxylation is 1. The summed E-state index contributed by atoms with van der Waals surface area (Å²) in [6.07, 6.45) is 5.39. The predicted octanol–water partition coefficient (Wildman–Crippen LogP) is 2.98. The first-order valence-corrected chi connectivity index (χ1v) is 9.23. The van der Waals surface area contributed by atoms with E-state index < -0.39 is 0 Å². The van der Waals surface area contributed by atoms with Gasteiger partial charge in [0.25, 0.3) is 5.91 Å². The van der Waals surface area contributed by atoms with Gasteiger partial charge >= 0.3 is 0 Å². The Bertz CT molecular complexity index is 765. The third kappa shape index (κ3) is 3.37. The lowest BCUT2D eigenvalue weighted by Gasteiger charge is -2.31. The molecular formula is C21H24N2O3. The van der Waals surface area contributed by atoms with Gasteiger partial charge in [-0.15, -0.1) is 0 Å². The minimum absolute atomic E-state index is 0.0614. The zero-order valence-electron chi connectivity index (χ0n) is 15.0. The number of ether oxygens (including phenoxy) is 2. The Hall–Kier alpha value is -2.24. The Morgan fingerprint density at radius 3 is 2.96 bits per heavy atom. The average Bonchev–Trinajstić information content (AvgIpc) is 2.96. The number of hydrogen-bond acceptors (Lipinski definition) is 4. The van der Waals surface area contributed by atoms with Crippen molar-refractivity contribution in [1.82, 2.24) is 9.88 Å². The second kappa shape index (κ2) is 7.56. The van der Waals surface area contributed by atoms with Crippen LogP contribution in [-0.4, -0.2) is 47.2 Å². The highest BCUT2D eigenvalue weighted by atomic mass is 16.5. The molecule has 4 rings (SSSR count). The lowest BCUT2D eigenvalue weighted by molar-refractivity contribution is -0.0598. The zero-order valence-corrected chi connectivity index (χ0v) is 15.0. The van der Waals surface area contributed by atoms with Crippen molar-refractivity contribution in [3.63, 3.8) is 0 Å². The van der Waals surface area contributed by atoms with Crippen LogP contribution in [0.5, 0.6) is 0 Å². The van der Waals surface area contributed by atoms with Gasteiger partial charge in [0.2, 0.25) is 0 Å². The summed E-state index contributed by atoms with van der Waals surface area (Å²) in [6.45, 7) is 3.64. The molecule has 136 valence electrons. The van der Waals surface area contributed by atoms with Crippen molar-refractivity contribution < 1.29 is 14.3 Å². The summed E-state index contributed by atoms with van der Waals surface area (Å²) in [5, 5.41) is 0. The molecule has 0 spiro atoms. The molecule has 2 aliphatic rings. The number of pyridine rings is 1. The first-order chi connectivity index (χ1) is 12.7. The second-order valence-corrected chi connectivity index (χ2v) is 7.00. The van der Waals surface area contributed by atoms with Crippen LogP contribution in [0.3, 0.4) is 0 Å². The monoisotopic (exact) mass is 352 g/mol. The van der Waals surface area contributed by atoms with Crippen LogP contribution in [0, 0.1) is 6.92 Å². The molecule has 2 fully saturated rings. The van der Waals surface area contributed by atoms with Gasteiger partial charge in [0.1, 0.15) is 6.10 Å². The van der Waals surface area contributed by atoms with Crippen LogP contribution in [-0.2, 0) is 16.1 Å². The molecule has 0 radical (unpaired) electrons. The molecular weight excluding hydrogens is 328 g/mol. The number of hydrogen-bond donors (Lipinski definition) is 0. The van der Waals surface area contributed by atoms with E-state index in [1.54, 1.807) is 6.20 Å². The normalized spacial score (nSPS) is 25.1. The number of carbonyl (C=O) groups is 1. The van der Waals surface area contributed by atoms with E-state index in [0.29, 0.717) is 19.8 Å². The SMILES string of the molecule is Cc1ccccc1C(=O)N1CCO[C@H]2CC[C@H]1[C@@H]2OCc1cccnc1. The van der Waals surface area contributed by atoms with E-state index in [2.05, 4.69) is 4.98 Å². The topological polar surface area (TPSA) is 51.7 Å². The minimum Gasteiger partial charge on any atom is -0.374 e. The molecule has 1 amide bonds. The second-order valence-electron chi connectivity index (χ2n) is 7.00. The van der Waals surface area contributed by atoms with Crippen LogP contribution in [0.1, 0.15) is 34.3 Å². The lowest BCUT2D eigenvalue weighted by Crippen LogP contribution is -2.46. The predicted molar refractivity (Wildman–Crippen MR) is 97.8 cm³/mol. The van der Waals surface area contributed by atoms with E-state index in [1.165, 1.54) is 0 Å². The fourth-order valence-corrected chi connectivity index (χ4v) is 4.01. The number of aromatic nitrogens is 1. The average molecular weight is 352 g/mol. The zero-order chi connectivity index (χ0) is 17.9. The molecule has 1 aliphatic heterocycles. The fraction of sp³-hybridized carbons (Fsp3) is 0.429. The number of benzene rings is 1. The third-order valence-electron chi connectivity index (χ3n) is 5.36. The van der Waals surface area contributed by atoms with Crippen molar-refractivity contribution in [2.75, 3.05) is 13.2 Å². The molecule has 1 aromatic carbocycles. The fourth-order valence-electron chi connectivity index (χ4n) is 4.01. The van der Waals surface area contributed by atoms with Gasteiger partial charge in [-0.25, -0.2) is 0 Å². The van der Waals surface area contributed by atoms with E-state index in [-0.39, 0.29) is 24.2 Å². The Kier molecular flexibility index (Phi) is 5.00. The van der Waals surface area contributed by atoms with Gasteiger partial charge in [-0.3, -0.25) is 9.78 Å². The first kappa shape index (κ1) is 17.2. The van der Waals surface area contributed by atoms with Crippen LogP contribution in [0.4, 0.5) is 0 Å². The largest absolute Gasteiger partial charge is 0.374 e. The number of rotatable bonds is 4. The molecule has 3 atom stereocenters. The van der Waals surface area contributed by atoms with Gasteiger partial charge in [0, 0.05) is 24.5 Å². The summed E-state index contributed by atoms with van der Waals surface area (Å²) in [7, 11) is 0. The Morgan fingerprint density at radius 2 is 2.15 bits per heavy atom. The maximum absolute atomic E-state index is 13.2. The summed E-state index contributed by atoms with van der Waals surface area (Å²) < 4.78 is 12.2. The highest BCUT2D eigenvalue weighted by Crippen LogP contribution is 2.33. The third-order valence-corrected chi connectivity index (χ3v) is 5.36. The number of fused-ring (bicyclic) bond motifs is 2. The summed E-state index contributed by atoms with van der Waals surface area (Å²) in [6, 6.07) is 11.7. The highest BCUT2D eigenvalue weighted by molar-refractivity contribution is 5.96. The number of amides is 1. The maximum Gasteiger partial charge on any atom is 0.254 e. The van der Waals surface area contributed by atoms with Crippen molar-refractivity contribution in [2.24, 2.45) is 0 Å². The van der Waals surface area contributed by atoms with Crippen LogP contribution in [0.15, 0.2) is 48.8 Å². The van der Waals surface area contributed by atoms with Crippen LogP contribution < -0.4 is 0 Å². The Labute approximate surface area is 153 Å². The van der Waals surface area contributed by atoms with Gasteiger partial charge < -0.3 is 14.4 Å². The summed E-state index contributed by atoms with van der Waals surface area (Å²) in [4.78, 5) is 19.3. The Morgan fingerprint density at radius 1 is 1.27 bits per heavy atom. The molecule has 1 saturated carbocycles.